The van der Waals surface area contributed by atoms with Crippen molar-refractivity contribution in [2.24, 2.45) is 0 Å². The van der Waals surface area contributed by atoms with Crippen LogP contribution in [0.25, 0.3) is 0 Å². The van der Waals surface area contributed by atoms with Crippen molar-refractivity contribution in [3.8, 4) is 0 Å². The highest BCUT2D eigenvalue weighted by atomic mass is 32.2. The van der Waals surface area contributed by atoms with Crippen LogP contribution in [0.5, 0.6) is 0 Å². The maximum atomic E-state index is 11.9. The molecule has 0 bridgehead atoms. The van der Waals surface area contributed by atoms with Gasteiger partial charge in [-0.15, -0.1) is 23.5 Å². The molecule has 24 heavy (non-hydrogen) atoms. The summed E-state index contributed by atoms with van der Waals surface area (Å²) in [6.07, 6.45) is 1.28. The van der Waals surface area contributed by atoms with Crippen molar-refractivity contribution in [3.05, 3.63) is 48.6 Å². The van der Waals surface area contributed by atoms with Crippen molar-refractivity contribution < 1.29 is 17.8 Å². The fourth-order valence-corrected chi connectivity index (χ4v) is 9.28. The molecule has 2 rings (SSSR count). The van der Waals surface area contributed by atoms with Crippen LogP contribution in [-0.2, 0) is 14.9 Å². The highest BCUT2D eigenvalue weighted by molar-refractivity contribution is 8.23. The number of hydrogen-bond donors (Lipinski definition) is 1. The molecule has 1 aromatic carbocycles. The van der Waals surface area contributed by atoms with Gasteiger partial charge in [0.1, 0.15) is 5.75 Å². The number of carbonyl (C=O) groups is 1. The van der Waals surface area contributed by atoms with Gasteiger partial charge < -0.3 is 0 Å². The lowest BCUT2D eigenvalue weighted by atomic mass is 10.2. The zero-order valence-electron chi connectivity index (χ0n) is 13.3. The molecule has 0 spiro atoms. The molecule has 3 unspecified atom stereocenters. The standard InChI is InChI=1S/C16H20O4S4/c1-3-14(17)15-9-22-16(23-15,11-24(18,19)20)10-21-12(2)13-7-5-4-6-8-13/h3-8,12,15H,1,9-11H2,2H3,(H,18,19,20). The maximum Gasteiger partial charge on any atom is 0.267 e. The van der Waals surface area contributed by atoms with Gasteiger partial charge in [-0.25, -0.2) is 0 Å². The Labute approximate surface area is 156 Å². The highest BCUT2D eigenvalue weighted by Gasteiger charge is 2.45. The molecule has 3 atom stereocenters. The molecule has 1 aliphatic rings. The highest BCUT2D eigenvalue weighted by Crippen LogP contribution is 2.52. The quantitative estimate of drug-likeness (QED) is 0.523. The van der Waals surface area contributed by atoms with Crippen LogP contribution in [0.1, 0.15) is 17.7 Å². The second-order valence-corrected chi connectivity index (χ2v) is 11.6. The van der Waals surface area contributed by atoms with Gasteiger partial charge in [0.05, 0.1) is 9.33 Å². The molecule has 1 aliphatic heterocycles. The normalized spacial score (nSPS) is 25.3. The van der Waals surface area contributed by atoms with E-state index < -0.39 is 14.2 Å². The Bertz CT molecular complexity index is 689. The lowest BCUT2D eigenvalue weighted by Crippen LogP contribution is -2.32. The van der Waals surface area contributed by atoms with Crippen LogP contribution in [0.3, 0.4) is 0 Å². The van der Waals surface area contributed by atoms with Crippen molar-refractivity contribution >= 4 is 51.2 Å². The minimum absolute atomic E-state index is 0.0918. The van der Waals surface area contributed by atoms with Gasteiger partial charge in [-0.1, -0.05) is 36.9 Å². The van der Waals surface area contributed by atoms with Crippen LogP contribution in [0.4, 0.5) is 0 Å². The minimum Gasteiger partial charge on any atom is -0.294 e. The number of allylic oxidation sites excluding steroid dienone is 1. The Morgan fingerprint density at radius 3 is 2.75 bits per heavy atom. The van der Waals surface area contributed by atoms with Crippen LogP contribution >= 0.6 is 35.3 Å². The molecule has 1 heterocycles. The van der Waals surface area contributed by atoms with Crippen LogP contribution in [0, 0.1) is 0 Å². The summed E-state index contributed by atoms with van der Waals surface area (Å²) in [5.74, 6) is 0.612. The van der Waals surface area contributed by atoms with Gasteiger partial charge in [0.25, 0.3) is 10.1 Å². The number of carbonyl (C=O) groups excluding carboxylic acids is 1. The predicted octanol–water partition coefficient (Wildman–Crippen LogP) is 3.67. The minimum atomic E-state index is -4.13. The topological polar surface area (TPSA) is 71.4 Å². The fourth-order valence-electron chi connectivity index (χ4n) is 2.37. The summed E-state index contributed by atoms with van der Waals surface area (Å²) < 4.78 is 31.6. The van der Waals surface area contributed by atoms with Crippen LogP contribution < -0.4 is 0 Å². The number of rotatable bonds is 8. The SMILES string of the molecule is C=CC(=O)C1CSC(CSC(C)c2ccccc2)(CS(=O)(=O)O)S1. The molecule has 0 amide bonds. The van der Waals surface area contributed by atoms with Gasteiger partial charge in [-0.2, -0.15) is 20.2 Å². The first-order valence-corrected chi connectivity index (χ1v) is 11.9. The third-order valence-corrected chi connectivity index (χ3v) is 10.2. The molecule has 0 radical (unpaired) electrons. The zero-order chi connectivity index (χ0) is 17.8. The second-order valence-electron chi connectivity index (χ2n) is 5.52. The first-order valence-electron chi connectivity index (χ1n) is 7.34. The number of thioether (sulfide) groups is 3. The van der Waals surface area contributed by atoms with Crippen LogP contribution in [0.15, 0.2) is 43.0 Å². The number of ketones is 1. The third-order valence-electron chi connectivity index (χ3n) is 3.60. The fraction of sp³-hybridized carbons (Fsp3) is 0.438. The molecule has 132 valence electrons. The first-order chi connectivity index (χ1) is 11.2. The van der Waals surface area contributed by atoms with Crippen molar-refractivity contribution in [1.82, 2.24) is 0 Å². The van der Waals surface area contributed by atoms with E-state index in [4.69, 9.17) is 0 Å². The predicted molar refractivity (Wildman–Crippen MR) is 106 cm³/mol. The summed E-state index contributed by atoms with van der Waals surface area (Å²) in [4.78, 5) is 11.9. The average Bonchev–Trinajstić information content (AvgIpc) is 2.95. The van der Waals surface area contributed by atoms with Crippen molar-refractivity contribution in [3.63, 3.8) is 0 Å². The Morgan fingerprint density at radius 1 is 1.50 bits per heavy atom. The molecule has 1 aromatic rings. The van der Waals surface area contributed by atoms with Crippen molar-refractivity contribution in [2.75, 3.05) is 17.3 Å². The lowest BCUT2D eigenvalue weighted by molar-refractivity contribution is -0.113. The van der Waals surface area contributed by atoms with Crippen molar-refractivity contribution in [2.45, 2.75) is 21.5 Å². The summed E-state index contributed by atoms with van der Waals surface area (Å²) in [5.41, 5.74) is 1.16. The average molecular weight is 405 g/mol. The Balaban J connectivity index is 2.10. The maximum absolute atomic E-state index is 11.9. The van der Waals surface area contributed by atoms with E-state index in [1.165, 1.54) is 29.6 Å². The molecule has 0 aromatic heterocycles. The Morgan fingerprint density at radius 2 is 2.17 bits per heavy atom. The summed E-state index contributed by atoms with van der Waals surface area (Å²) in [6, 6.07) is 9.96. The molecule has 4 nitrogen and oxygen atoms in total. The monoisotopic (exact) mass is 404 g/mol. The largest absolute Gasteiger partial charge is 0.294 e. The molecule has 1 saturated heterocycles. The zero-order valence-corrected chi connectivity index (χ0v) is 16.5. The molecule has 0 aliphatic carbocycles. The summed E-state index contributed by atoms with van der Waals surface area (Å²) in [6.45, 7) is 5.56. The summed E-state index contributed by atoms with van der Waals surface area (Å²) >= 11 is 4.41. The van der Waals surface area contributed by atoms with Gasteiger partial charge in [0, 0.05) is 16.8 Å². The molecule has 0 saturated carbocycles. The van der Waals surface area contributed by atoms with E-state index in [1.54, 1.807) is 11.8 Å². The van der Waals surface area contributed by atoms with Crippen LogP contribution in [0.2, 0.25) is 0 Å². The van der Waals surface area contributed by atoms with E-state index in [9.17, 15) is 17.8 Å². The third kappa shape index (κ3) is 5.56. The van der Waals surface area contributed by atoms with Gasteiger partial charge in [-0.3, -0.25) is 9.35 Å². The Kier molecular flexibility index (Phi) is 6.90. The second kappa shape index (κ2) is 8.31. The Hall–Kier alpha value is -0.410. The van der Waals surface area contributed by atoms with Crippen molar-refractivity contribution in [1.29, 1.82) is 0 Å². The van der Waals surface area contributed by atoms with Gasteiger partial charge in [0.2, 0.25) is 0 Å². The van der Waals surface area contributed by atoms with E-state index >= 15 is 0 Å². The number of benzene rings is 1. The smallest absolute Gasteiger partial charge is 0.267 e. The molecule has 1 N–H and O–H groups in total. The van der Waals surface area contributed by atoms with E-state index in [-0.39, 0.29) is 22.0 Å². The summed E-state index contributed by atoms with van der Waals surface area (Å²) in [7, 11) is -4.13. The molecule has 8 heteroatoms. The summed E-state index contributed by atoms with van der Waals surface area (Å²) in [5, 5.41) is -0.110. The molecular formula is C16H20O4S4. The van der Waals surface area contributed by atoms with E-state index in [0.29, 0.717) is 11.5 Å². The van der Waals surface area contributed by atoms with Gasteiger partial charge in [0.15, 0.2) is 5.78 Å². The molecular weight excluding hydrogens is 384 g/mol. The lowest BCUT2D eigenvalue weighted by Gasteiger charge is -2.27. The van der Waals surface area contributed by atoms with E-state index in [2.05, 4.69) is 13.5 Å². The van der Waals surface area contributed by atoms with E-state index in [0.717, 1.165) is 5.56 Å². The number of hydrogen-bond acceptors (Lipinski definition) is 6. The van der Waals surface area contributed by atoms with Gasteiger partial charge >= 0.3 is 0 Å². The van der Waals surface area contributed by atoms with E-state index in [1.807, 2.05) is 30.3 Å². The van der Waals surface area contributed by atoms with Gasteiger partial charge in [-0.05, 0) is 18.6 Å². The first kappa shape index (κ1) is 19.9. The van der Waals surface area contributed by atoms with Crippen LogP contribution in [-0.4, -0.2) is 45.3 Å². The molecule has 1 fully saturated rings.